The standard InChI is InChI=1S/C42H26F6N2O2/c1-23-11-15-30(34(19-23)42(46,47)48)26-13-18-36-33(22-26)32-21-25(29-16-14-27(20-24(29)2)41(43,44)45)12-17-35(32)50(36)37-10-6-9-31-38(37)40(52)49(39(31)51)28-7-4-3-5-8-28/h3-22H,1-2H3. The van der Waals surface area contributed by atoms with E-state index in [2.05, 4.69) is 0 Å². The summed E-state index contributed by atoms with van der Waals surface area (Å²) in [6.45, 7) is 3.17. The number of alkyl halides is 6. The molecule has 1 aromatic heterocycles. The number of anilines is 1. The smallest absolute Gasteiger partial charge is 0.308 e. The van der Waals surface area contributed by atoms with E-state index >= 15 is 0 Å². The molecule has 0 N–H and O–H groups in total. The molecular formula is C42H26F6N2O2. The van der Waals surface area contributed by atoms with Crippen LogP contribution in [0.15, 0.2) is 121 Å². The molecule has 0 atom stereocenters. The van der Waals surface area contributed by atoms with Gasteiger partial charge in [0.2, 0.25) is 0 Å². The summed E-state index contributed by atoms with van der Waals surface area (Å²) < 4.78 is 85.2. The van der Waals surface area contributed by atoms with Crippen molar-refractivity contribution in [2.24, 2.45) is 0 Å². The van der Waals surface area contributed by atoms with Crippen LogP contribution < -0.4 is 4.90 Å². The number of aromatic nitrogens is 1. The van der Waals surface area contributed by atoms with E-state index in [1.165, 1.54) is 12.1 Å². The normalized spacial score (nSPS) is 13.4. The average molecular weight is 705 g/mol. The van der Waals surface area contributed by atoms with E-state index in [9.17, 15) is 35.9 Å². The van der Waals surface area contributed by atoms with E-state index in [0.717, 1.165) is 23.1 Å². The van der Waals surface area contributed by atoms with Gasteiger partial charge in [-0.1, -0.05) is 60.2 Å². The maximum atomic E-state index is 14.3. The minimum atomic E-state index is -4.63. The van der Waals surface area contributed by atoms with E-state index in [4.69, 9.17) is 0 Å². The van der Waals surface area contributed by atoms with Crippen molar-refractivity contribution < 1.29 is 35.9 Å². The highest BCUT2D eigenvalue weighted by Gasteiger charge is 2.39. The number of rotatable bonds is 4. The Morgan fingerprint density at radius 2 is 1.17 bits per heavy atom. The summed E-state index contributed by atoms with van der Waals surface area (Å²) >= 11 is 0. The molecule has 2 amide bonds. The first-order valence-corrected chi connectivity index (χ1v) is 16.2. The second-order valence-corrected chi connectivity index (χ2v) is 12.9. The number of aryl methyl sites for hydroxylation is 2. The van der Waals surface area contributed by atoms with Crippen LogP contribution >= 0.6 is 0 Å². The van der Waals surface area contributed by atoms with Crippen LogP contribution in [0.25, 0.3) is 49.7 Å². The Morgan fingerprint density at radius 3 is 1.79 bits per heavy atom. The fourth-order valence-electron chi connectivity index (χ4n) is 7.19. The lowest BCUT2D eigenvalue weighted by atomic mass is 9.95. The highest BCUT2D eigenvalue weighted by atomic mass is 19.4. The summed E-state index contributed by atoms with van der Waals surface area (Å²) in [7, 11) is 0. The number of nitrogens with zero attached hydrogens (tertiary/aromatic N) is 2. The SMILES string of the molecule is Cc1ccc(-c2ccc3c(c2)c2cc(-c4ccc(C(F)(F)F)cc4C)ccc2n3-c2cccc3c2C(=O)N(c2ccccc2)C3=O)c(C(F)(F)F)c1. The third-order valence-corrected chi connectivity index (χ3v) is 9.57. The summed E-state index contributed by atoms with van der Waals surface area (Å²) in [6.07, 6.45) is -9.15. The van der Waals surface area contributed by atoms with Crippen LogP contribution in [-0.2, 0) is 12.4 Å². The number of halogens is 6. The molecule has 258 valence electrons. The van der Waals surface area contributed by atoms with Crippen LogP contribution in [-0.4, -0.2) is 16.4 Å². The highest BCUT2D eigenvalue weighted by molar-refractivity contribution is 6.35. The van der Waals surface area contributed by atoms with Gasteiger partial charge >= 0.3 is 12.4 Å². The number of hydrogen-bond donors (Lipinski definition) is 0. The van der Waals surface area contributed by atoms with E-state index in [1.54, 1.807) is 109 Å². The molecule has 1 aliphatic heterocycles. The lowest BCUT2D eigenvalue weighted by molar-refractivity contribution is -0.138. The van der Waals surface area contributed by atoms with Gasteiger partial charge in [0.15, 0.2) is 0 Å². The summed E-state index contributed by atoms with van der Waals surface area (Å²) in [4.78, 5) is 28.8. The van der Waals surface area contributed by atoms with Gasteiger partial charge in [-0.2, -0.15) is 26.3 Å². The number of amides is 2. The van der Waals surface area contributed by atoms with E-state index in [1.807, 2.05) is 0 Å². The molecule has 52 heavy (non-hydrogen) atoms. The number of para-hydroxylation sites is 1. The fourth-order valence-corrected chi connectivity index (χ4v) is 7.19. The predicted molar refractivity (Wildman–Crippen MR) is 189 cm³/mol. The van der Waals surface area contributed by atoms with Gasteiger partial charge in [0.1, 0.15) is 0 Å². The summed E-state index contributed by atoms with van der Waals surface area (Å²) in [5.74, 6) is -1.02. The lowest BCUT2D eigenvalue weighted by Crippen LogP contribution is -2.29. The van der Waals surface area contributed by atoms with Gasteiger partial charge in [-0.15, -0.1) is 0 Å². The molecule has 0 unspecified atom stereocenters. The van der Waals surface area contributed by atoms with Gasteiger partial charge in [-0.05, 0) is 108 Å². The number of carbonyl (C=O) groups is 2. The maximum Gasteiger partial charge on any atom is 0.417 e. The molecule has 0 radical (unpaired) electrons. The van der Waals surface area contributed by atoms with Gasteiger partial charge in [0.25, 0.3) is 11.8 Å². The second-order valence-electron chi connectivity index (χ2n) is 12.9. The number of benzene rings is 6. The van der Waals surface area contributed by atoms with Crippen LogP contribution in [0.1, 0.15) is 43.0 Å². The van der Waals surface area contributed by atoms with Crippen molar-refractivity contribution in [3.8, 4) is 27.9 Å². The molecule has 0 bridgehead atoms. The van der Waals surface area contributed by atoms with Crippen LogP contribution in [0.3, 0.4) is 0 Å². The van der Waals surface area contributed by atoms with Crippen LogP contribution in [0, 0.1) is 13.8 Å². The largest absolute Gasteiger partial charge is 0.417 e. The molecule has 7 aromatic rings. The van der Waals surface area contributed by atoms with Crippen molar-refractivity contribution in [2.45, 2.75) is 26.2 Å². The van der Waals surface area contributed by atoms with Gasteiger partial charge in [0.05, 0.1) is 44.7 Å². The number of fused-ring (bicyclic) bond motifs is 4. The van der Waals surface area contributed by atoms with Crippen LogP contribution in [0.2, 0.25) is 0 Å². The van der Waals surface area contributed by atoms with E-state index < -0.39 is 35.3 Å². The predicted octanol–water partition coefficient (Wildman–Crippen LogP) is 11.6. The summed E-state index contributed by atoms with van der Waals surface area (Å²) in [5, 5.41) is 1.13. The molecular weight excluding hydrogens is 678 g/mol. The molecule has 10 heteroatoms. The van der Waals surface area contributed by atoms with E-state index in [-0.39, 0.29) is 16.7 Å². The molecule has 0 saturated heterocycles. The van der Waals surface area contributed by atoms with Crippen LogP contribution in [0.4, 0.5) is 32.0 Å². The Bertz CT molecular complexity index is 2620. The maximum absolute atomic E-state index is 14.3. The zero-order valence-corrected chi connectivity index (χ0v) is 27.5. The zero-order valence-electron chi connectivity index (χ0n) is 27.5. The Balaban J connectivity index is 1.39. The first kappa shape index (κ1) is 33.0. The van der Waals surface area contributed by atoms with Crippen molar-refractivity contribution in [3.05, 3.63) is 155 Å². The third-order valence-electron chi connectivity index (χ3n) is 9.57. The van der Waals surface area contributed by atoms with Crippen molar-refractivity contribution >= 4 is 39.3 Å². The molecule has 0 spiro atoms. The monoisotopic (exact) mass is 704 g/mol. The number of imide groups is 1. The topological polar surface area (TPSA) is 42.3 Å². The quantitative estimate of drug-likeness (QED) is 0.135. The minimum Gasteiger partial charge on any atom is -0.308 e. The summed E-state index contributed by atoms with van der Waals surface area (Å²) in [5.41, 5.74) is 2.98. The minimum absolute atomic E-state index is 0.0180. The molecule has 0 aliphatic carbocycles. The summed E-state index contributed by atoms with van der Waals surface area (Å²) in [6, 6.07) is 31.4. The third kappa shape index (κ3) is 5.25. The van der Waals surface area contributed by atoms with Crippen molar-refractivity contribution in [3.63, 3.8) is 0 Å². The number of carbonyl (C=O) groups excluding carboxylic acids is 2. The Hall–Kier alpha value is -6.16. The van der Waals surface area contributed by atoms with Gasteiger partial charge < -0.3 is 4.57 Å². The van der Waals surface area contributed by atoms with Crippen molar-refractivity contribution in [1.29, 1.82) is 0 Å². The zero-order chi connectivity index (χ0) is 36.7. The molecule has 4 nitrogen and oxygen atoms in total. The molecule has 0 fully saturated rings. The van der Waals surface area contributed by atoms with Gasteiger partial charge in [-0.3, -0.25) is 9.59 Å². The molecule has 8 rings (SSSR count). The van der Waals surface area contributed by atoms with E-state index in [0.29, 0.717) is 61.0 Å². The van der Waals surface area contributed by atoms with Crippen molar-refractivity contribution in [1.82, 2.24) is 4.57 Å². The van der Waals surface area contributed by atoms with Crippen LogP contribution in [0.5, 0.6) is 0 Å². The Morgan fingerprint density at radius 1 is 0.538 bits per heavy atom. The first-order valence-electron chi connectivity index (χ1n) is 16.2. The fraction of sp³-hybridized carbons (Fsp3) is 0.0952. The number of hydrogen-bond acceptors (Lipinski definition) is 2. The average Bonchev–Trinajstić information content (AvgIpc) is 3.57. The first-order chi connectivity index (χ1) is 24.7. The highest BCUT2D eigenvalue weighted by Crippen LogP contribution is 2.43. The van der Waals surface area contributed by atoms with Crippen molar-refractivity contribution in [2.75, 3.05) is 4.90 Å². The lowest BCUT2D eigenvalue weighted by Gasteiger charge is -2.15. The molecule has 2 heterocycles. The molecule has 1 aliphatic rings. The Kier molecular flexibility index (Phi) is 7.42. The van der Waals surface area contributed by atoms with Gasteiger partial charge in [-0.25, -0.2) is 4.90 Å². The molecule has 6 aromatic carbocycles. The second kappa shape index (κ2) is 11.7. The van der Waals surface area contributed by atoms with Gasteiger partial charge in [0, 0.05) is 10.8 Å². The Labute approximate surface area is 293 Å². The molecule has 0 saturated carbocycles.